The number of hydrogen-bond donors (Lipinski definition) is 2. The van der Waals surface area contributed by atoms with Gasteiger partial charge in [0, 0.05) is 17.0 Å². The van der Waals surface area contributed by atoms with Crippen molar-refractivity contribution < 1.29 is 19.5 Å². The van der Waals surface area contributed by atoms with E-state index in [2.05, 4.69) is 20.9 Å². The van der Waals surface area contributed by atoms with Crippen LogP contribution in [0.25, 0.3) is 0 Å². The summed E-state index contributed by atoms with van der Waals surface area (Å²) in [5.41, 5.74) is 0.897. The largest absolute Gasteiger partial charge is 0.490 e. The molecular formula is C12H19BBrNO4. The van der Waals surface area contributed by atoms with Gasteiger partial charge in [0.05, 0.1) is 31.1 Å². The molecule has 0 radical (unpaired) electrons. The zero-order chi connectivity index (χ0) is 14.3. The van der Waals surface area contributed by atoms with Crippen LogP contribution >= 0.6 is 15.9 Å². The maximum Gasteiger partial charge on any atom is 0.490 e. The number of pyridine rings is 1. The molecule has 0 fully saturated rings. The topological polar surface area (TPSA) is 71.8 Å². The minimum atomic E-state index is -1.54. The first-order valence-corrected chi connectivity index (χ1v) is 7.28. The van der Waals surface area contributed by atoms with Gasteiger partial charge in [0.2, 0.25) is 0 Å². The summed E-state index contributed by atoms with van der Waals surface area (Å²) in [5, 5.41) is 19.3. The lowest BCUT2D eigenvalue weighted by atomic mass is 9.78. The second-order valence-corrected chi connectivity index (χ2v) is 4.99. The Kier molecular flexibility index (Phi) is 7.56. The minimum Gasteiger partial charge on any atom is -0.423 e. The van der Waals surface area contributed by atoms with Crippen LogP contribution in [0, 0.1) is 0 Å². The molecule has 0 spiro atoms. The molecular weight excluding hydrogens is 313 g/mol. The first kappa shape index (κ1) is 16.6. The van der Waals surface area contributed by atoms with Crippen LogP contribution in [0.3, 0.4) is 0 Å². The molecule has 0 aliphatic carbocycles. The molecule has 7 heteroatoms. The number of halogens is 1. The van der Waals surface area contributed by atoms with E-state index in [9.17, 15) is 10.0 Å². The van der Waals surface area contributed by atoms with Crippen molar-refractivity contribution >= 4 is 28.5 Å². The third-order valence-electron chi connectivity index (χ3n) is 2.59. The number of nitrogens with zero attached hydrogens (tertiary/aromatic N) is 1. The van der Waals surface area contributed by atoms with Crippen LogP contribution in [-0.4, -0.2) is 46.8 Å². The van der Waals surface area contributed by atoms with Crippen molar-refractivity contribution in [2.75, 3.05) is 18.5 Å². The minimum absolute atomic E-state index is 0.0220. The summed E-state index contributed by atoms with van der Waals surface area (Å²) >= 11 is 3.29. The van der Waals surface area contributed by atoms with Crippen LogP contribution in [0.15, 0.2) is 18.3 Å². The smallest absolute Gasteiger partial charge is 0.423 e. The van der Waals surface area contributed by atoms with Crippen molar-refractivity contribution in [3.05, 3.63) is 24.0 Å². The van der Waals surface area contributed by atoms with Crippen LogP contribution < -0.4 is 5.46 Å². The third kappa shape index (κ3) is 5.58. The van der Waals surface area contributed by atoms with Gasteiger partial charge in [-0.25, -0.2) is 0 Å². The van der Waals surface area contributed by atoms with Crippen LogP contribution in [0.1, 0.15) is 25.6 Å². The lowest BCUT2D eigenvalue weighted by Crippen LogP contribution is -2.35. The summed E-state index contributed by atoms with van der Waals surface area (Å²) in [6.45, 7) is 4.80. The van der Waals surface area contributed by atoms with Gasteiger partial charge in [0.15, 0.2) is 0 Å². The predicted molar refractivity (Wildman–Crippen MR) is 77.6 cm³/mol. The number of aromatic nitrogens is 1. The maximum atomic E-state index is 9.28. The van der Waals surface area contributed by atoms with Gasteiger partial charge in [-0.05, 0) is 19.9 Å². The van der Waals surface area contributed by atoms with E-state index in [1.165, 1.54) is 0 Å². The summed E-state index contributed by atoms with van der Waals surface area (Å²) < 4.78 is 11.1. The van der Waals surface area contributed by atoms with E-state index in [0.717, 1.165) is 5.33 Å². The van der Waals surface area contributed by atoms with E-state index in [1.807, 2.05) is 13.8 Å². The van der Waals surface area contributed by atoms with Crippen molar-refractivity contribution in [1.29, 1.82) is 0 Å². The molecule has 2 N–H and O–H groups in total. The molecule has 1 rings (SSSR count). The van der Waals surface area contributed by atoms with Gasteiger partial charge < -0.3 is 19.5 Å². The zero-order valence-corrected chi connectivity index (χ0v) is 12.7. The molecule has 5 nitrogen and oxygen atoms in total. The van der Waals surface area contributed by atoms with Gasteiger partial charge in [0.1, 0.15) is 0 Å². The first-order chi connectivity index (χ1) is 9.06. The molecule has 0 bridgehead atoms. The average molecular weight is 332 g/mol. The van der Waals surface area contributed by atoms with E-state index < -0.39 is 7.12 Å². The molecule has 19 heavy (non-hydrogen) atoms. The summed E-state index contributed by atoms with van der Waals surface area (Å²) in [5.74, 6) is 0. The van der Waals surface area contributed by atoms with Crippen LogP contribution in [0.5, 0.6) is 0 Å². The van der Waals surface area contributed by atoms with Crippen molar-refractivity contribution in [2.24, 2.45) is 0 Å². The van der Waals surface area contributed by atoms with Crippen LogP contribution in [0.4, 0.5) is 0 Å². The summed E-state index contributed by atoms with van der Waals surface area (Å²) in [4.78, 5) is 4.15. The van der Waals surface area contributed by atoms with E-state index in [0.29, 0.717) is 24.4 Å². The van der Waals surface area contributed by atoms with Crippen molar-refractivity contribution in [1.82, 2.24) is 4.98 Å². The Morgan fingerprint density at radius 3 is 2.74 bits per heavy atom. The van der Waals surface area contributed by atoms with Crippen LogP contribution in [-0.2, 0) is 9.47 Å². The van der Waals surface area contributed by atoms with Crippen molar-refractivity contribution in [3.63, 3.8) is 0 Å². The molecule has 0 unspecified atom stereocenters. The average Bonchev–Trinajstić information content (AvgIpc) is 2.42. The molecule has 0 aliphatic heterocycles. The van der Waals surface area contributed by atoms with Gasteiger partial charge in [-0.15, -0.1) is 0 Å². The van der Waals surface area contributed by atoms with E-state index >= 15 is 0 Å². The number of alkyl halides is 1. The molecule has 0 saturated heterocycles. The third-order valence-corrected chi connectivity index (χ3v) is 2.92. The van der Waals surface area contributed by atoms with Crippen LogP contribution in [0.2, 0.25) is 0 Å². The molecule has 0 aromatic carbocycles. The van der Waals surface area contributed by atoms with Crippen molar-refractivity contribution in [3.8, 4) is 0 Å². The number of ether oxygens (including phenoxy) is 2. The van der Waals surface area contributed by atoms with E-state index in [4.69, 9.17) is 9.47 Å². The molecule has 2 atom stereocenters. The van der Waals surface area contributed by atoms with E-state index in [1.54, 1.807) is 18.3 Å². The fourth-order valence-corrected chi connectivity index (χ4v) is 1.83. The molecule has 1 aromatic rings. The van der Waals surface area contributed by atoms with E-state index in [-0.39, 0.29) is 12.2 Å². The predicted octanol–water partition coefficient (Wildman–Crippen LogP) is 0.639. The highest BCUT2D eigenvalue weighted by molar-refractivity contribution is 9.09. The van der Waals surface area contributed by atoms with Gasteiger partial charge in [-0.3, -0.25) is 4.98 Å². The Bertz CT molecular complexity index is 381. The summed E-state index contributed by atoms with van der Waals surface area (Å²) in [6, 6.07) is 3.28. The molecule has 0 saturated carbocycles. The lowest BCUT2D eigenvalue weighted by Gasteiger charge is -2.19. The fourth-order valence-electron chi connectivity index (χ4n) is 1.64. The highest BCUT2D eigenvalue weighted by Crippen LogP contribution is 2.13. The molecule has 1 aromatic heterocycles. The lowest BCUT2D eigenvalue weighted by molar-refractivity contribution is -0.0285. The maximum absolute atomic E-state index is 9.28. The Morgan fingerprint density at radius 1 is 1.37 bits per heavy atom. The molecule has 0 aliphatic rings. The Morgan fingerprint density at radius 2 is 2.11 bits per heavy atom. The fraction of sp³-hybridized carbons (Fsp3) is 0.583. The Balaban J connectivity index is 2.56. The first-order valence-electron chi connectivity index (χ1n) is 6.16. The van der Waals surface area contributed by atoms with Gasteiger partial charge in [-0.1, -0.05) is 22.0 Å². The second kappa shape index (κ2) is 8.66. The van der Waals surface area contributed by atoms with Gasteiger partial charge >= 0.3 is 7.12 Å². The molecule has 0 amide bonds. The standard InChI is InChI=1S/C12H19BBrNO4/c1-9(18-7-5-14)8-19-10(2)12-11(13(16)17)4-3-6-15-12/h3-4,6,9-10,16-17H,5,7-8H2,1-2H3/t9-,10-/m0/s1. The highest BCUT2D eigenvalue weighted by atomic mass is 79.9. The monoisotopic (exact) mass is 331 g/mol. The normalized spacial score (nSPS) is 14.2. The second-order valence-electron chi connectivity index (χ2n) is 4.20. The molecule has 106 valence electrons. The van der Waals surface area contributed by atoms with Crippen molar-refractivity contribution in [2.45, 2.75) is 26.1 Å². The highest BCUT2D eigenvalue weighted by Gasteiger charge is 2.21. The van der Waals surface area contributed by atoms with Gasteiger partial charge in [0.25, 0.3) is 0 Å². The zero-order valence-electron chi connectivity index (χ0n) is 11.1. The Hall–Kier alpha value is -0.465. The number of hydrogen-bond acceptors (Lipinski definition) is 5. The summed E-state index contributed by atoms with van der Waals surface area (Å²) in [6.07, 6.45) is 1.26. The van der Waals surface area contributed by atoms with Gasteiger partial charge in [-0.2, -0.15) is 0 Å². The number of rotatable bonds is 8. The summed E-state index contributed by atoms with van der Waals surface area (Å²) in [7, 11) is -1.54. The SMILES string of the molecule is C[C@H](OC[C@H](C)OCCBr)c1ncccc1B(O)O. The molecule has 1 heterocycles. The Labute approximate surface area is 122 Å². The quantitative estimate of drug-likeness (QED) is 0.540.